The standard InChI is InChI=1S/C18H28N2O/c1-15-3-2-4-16(13-15)14-19-17-5-7-18(8-6-17)20-9-11-21-12-10-20/h5-8,15-16,19H,2-4,9-14H2,1H3. The highest BCUT2D eigenvalue weighted by Gasteiger charge is 2.18. The number of hydrogen-bond acceptors (Lipinski definition) is 3. The van der Waals surface area contributed by atoms with Crippen molar-refractivity contribution in [3.8, 4) is 0 Å². The molecule has 2 atom stereocenters. The Kier molecular flexibility index (Phi) is 5.02. The summed E-state index contributed by atoms with van der Waals surface area (Å²) in [5, 5.41) is 3.62. The minimum Gasteiger partial charge on any atom is -0.385 e. The van der Waals surface area contributed by atoms with Gasteiger partial charge in [0.15, 0.2) is 0 Å². The third-order valence-corrected chi connectivity index (χ3v) is 4.88. The van der Waals surface area contributed by atoms with Crippen LogP contribution in [0.5, 0.6) is 0 Å². The summed E-state index contributed by atoms with van der Waals surface area (Å²) in [6.07, 6.45) is 5.61. The predicted molar refractivity (Wildman–Crippen MR) is 89.1 cm³/mol. The Balaban J connectivity index is 1.49. The number of ether oxygens (including phenoxy) is 1. The zero-order valence-corrected chi connectivity index (χ0v) is 13.2. The van der Waals surface area contributed by atoms with Crippen molar-refractivity contribution in [2.24, 2.45) is 11.8 Å². The van der Waals surface area contributed by atoms with E-state index in [0.717, 1.165) is 44.7 Å². The molecule has 0 spiro atoms. The summed E-state index contributed by atoms with van der Waals surface area (Å²) in [6.45, 7) is 7.23. The Bertz CT molecular complexity index is 425. The van der Waals surface area contributed by atoms with Gasteiger partial charge in [-0.3, -0.25) is 0 Å². The Hall–Kier alpha value is -1.22. The molecular weight excluding hydrogens is 260 g/mol. The highest BCUT2D eigenvalue weighted by atomic mass is 16.5. The molecule has 1 aliphatic carbocycles. The molecule has 2 aliphatic rings. The van der Waals surface area contributed by atoms with E-state index >= 15 is 0 Å². The molecule has 3 rings (SSSR count). The first kappa shape index (κ1) is 14.7. The Morgan fingerprint density at radius 1 is 1.14 bits per heavy atom. The summed E-state index contributed by atoms with van der Waals surface area (Å²) in [6, 6.07) is 8.91. The van der Waals surface area contributed by atoms with Crippen molar-refractivity contribution in [1.29, 1.82) is 0 Å². The summed E-state index contributed by atoms with van der Waals surface area (Å²) >= 11 is 0. The average Bonchev–Trinajstić information content (AvgIpc) is 2.54. The number of hydrogen-bond donors (Lipinski definition) is 1. The van der Waals surface area contributed by atoms with Crippen molar-refractivity contribution in [3.05, 3.63) is 24.3 Å². The van der Waals surface area contributed by atoms with Crippen LogP contribution in [0, 0.1) is 11.8 Å². The SMILES string of the molecule is CC1CCCC(CNc2ccc(N3CCOCC3)cc2)C1. The second-order valence-electron chi connectivity index (χ2n) is 6.66. The van der Waals surface area contributed by atoms with Gasteiger partial charge in [0.2, 0.25) is 0 Å². The summed E-state index contributed by atoms with van der Waals surface area (Å²) in [5.41, 5.74) is 2.57. The number of anilines is 2. The van der Waals surface area contributed by atoms with Crippen LogP contribution in [-0.4, -0.2) is 32.8 Å². The molecule has 0 amide bonds. The number of nitrogens with one attached hydrogen (secondary N) is 1. The van der Waals surface area contributed by atoms with Crippen molar-refractivity contribution in [3.63, 3.8) is 0 Å². The maximum Gasteiger partial charge on any atom is 0.0642 e. The Morgan fingerprint density at radius 3 is 2.62 bits per heavy atom. The number of morpholine rings is 1. The molecule has 0 bridgehead atoms. The van der Waals surface area contributed by atoms with Gasteiger partial charge >= 0.3 is 0 Å². The molecule has 1 aliphatic heterocycles. The van der Waals surface area contributed by atoms with E-state index in [2.05, 4.69) is 41.4 Å². The van der Waals surface area contributed by atoms with E-state index in [1.807, 2.05) is 0 Å². The molecule has 3 nitrogen and oxygen atoms in total. The van der Waals surface area contributed by atoms with Crippen LogP contribution in [-0.2, 0) is 4.74 Å². The quantitative estimate of drug-likeness (QED) is 0.913. The second kappa shape index (κ2) is 7.17. The lowest BCUT2D eigenvalue weighted by Crippen LogP contribution is -2.36. The molecule has 3 heteroatoms. The van der Waals surface area contributed by atoms with Crippen molar-refractivity contribution in [1.82, 2.24) is 0 Å². The van der Waals surface area contributed by atoms with Crippen molar-refractivity contribution in [2.45, 2.75) is 32.6 Å². The molecule has 2 fully saturated rings. The summed E-state index contributed by atoms with van der Waals surface area (Å²) in [7, 11) is 0. The summed E-state index contributed by atoms with van der Waals surface area (Å²) < 4.78 is 5.41. The smallest absolute Gasteiger partial charge is 0.0642 e. The van der Waals surface area contributed by atoms with Crippen LogP contribution in [0.25, 0.3) is 0 Å². The molecule has 2 unspecified atom stereocenters. The van der Waals surface area contributed by atoms with E-state index in [4.69, 9.17) is 4.74 Å². The zero-order valence-electron chi connectivity index (χ0n) is 13.2. The van der Waals surface area contributed by atoms with E-state index in [1.54, 1.807) is 0 Å². The molecule has 0 aromatic heterocycles. The molecule has 1 N–H and O–H groups in total. The molecule has 1 aromatic carbocycles. The molecule has 1 heterocycles. The van der Waals surface area contributed by atoms with Gasteiger partial charge in [-0.1, -0.05) is 19.8 Å². The second-order valence-corrected chi connectivity index (χ2v) is 6.66. The lowest BCUT2D eigenvalue weighted by Gasteiger charge is -2.29. The maximum atomic E-state index is 5.41. The van der Waals surface area contributed by atoms with Crippen LogP contribution in [0.2, 0.25) is 0 Å². The third-order valence-electron chi connectivity index (χ3n) is 4.88. The van der Waals surface area contributed by atoms with Gasteiger partial charge in [0.05, 0.1) is 13.2 Å². The molecular formula is C18H28N2O. The van der Waals surface area contributed by atoms with Gasteiger partial charge in [-0.15, -0.1) is 0 Å². The summed E-state index contributed by atoms with van der Waals surface area (Å²) in [5.74, 6) is 1.77. The van der Waals surface area contributed by atoms with Crippen molar-refractivity contribution < 1.29 is 4.74 Å². The fourth-order valence-electron chi connectivity index (χ4n) is 3.62. The first-order chi connectivity index (χ1) is 10.3. The normalized spacial score (nSPS) is 26.6. The molecule has 1 saturated heterocycles. The third kappa shape index (κ3) is 4.13. The van der Waals surface area contributed by atoms with E-state index in [9.17, 15) is 0 Å². The minimum atomic E-state index is 0.847. The van der Waals surface area contributed by atoms with Crippen LogP contribution in [0.3, 0.4) is 0 Å². The molecule has 21 heavy (non-hydrogen) atoms. The molecule has 0 radical (unpaired) electrons. The minimum absolute atomic E-state index is 0.847. The van der Waals surface area contributed by atoms with E-state index in [0.29, 0.717) is 0 Å². The number of nitrogens with zero attached hydrogens (tertiary/aromatic N) is 1. The first-order valence-electron chi connectivity index (χ1n) is 8.48. The molecule has 1 aromatic rings. The summed E-state index contributed by atoms with van der Waals surface area (Å²) in [4.78, 5) is 2.40. The lowest BCUT2D eigenvalue weighted by molar-refractivity contribution is 0.122. The van der Waals surface area contributed by atoms with Gasteiger partial charge in [-0.25, -0.2) is 0 Å². The van der Waals surface area contributed by atoms with Crippen LogP contribution >= 0.6 is 0 Å². The van der Waals surface area contributed by atoms with Crippen LogP contribution in [0.15, 0.2) is 24.3 Å². The largest absolute Gasteiger partial charge is 0.385 e. The van der Waals surface area contributed by atoms with Gasteiger partial charge in [0.25, 0.3) is 0 Å². The number of benzene rings is 1. The Morgan fingerprint density at radius 2 is 1.90 bits per heavy atom. The first-order valence-corrected chi connectivity index (χ1v) is 8.48. The lowest BCUT2D eigenvalue weighted by atomic mass is 9.82. The fourth-order valence-corrected chi connectivity index (χ4v) is 3.62. The van der Waals surface area contributed by atoms with Gasteiger partial charge in [-0.2, -0.15) is 0 Å². The van der Waals surface area contributed by atoms with Crippen LogP contribution < -0.4 is 10.2 Å². The van der Waals surface area contributed by atoms with E-state index in [1.165, 1.54) is 37.1 Å². The fraction of sp³-hybridized carbons (Fsp3) is 0.667. The van der Waals surface area contributed by atoms with Gasteiger partial charge < -0.3 is 15.0 Å². The predicted octanol–water partition coefficient (Wildman–Crippen LogP) is 3.76. The highest BCUT2D eigenvalue weighted by Crippen LogP contribution is 2.29. The van der Waals surface area contributed by atoms with Crippen LogP contribution in [0.1, 0.15) is 32.6 Å². The highest BCUT2D eigenvalue weighted by molar-refractivity contribution is 5.55. The van der Waals surface area contributed by atoms with Crippen molar-refractivity contribution >= 4 is 11.4 Å². The van der Waals surface area contributed by atoms with E-state index in [-0.39, 0.29) is 0 Å². The molecule has 1 saturated carbocycles. The zero-order chi connectivity index (χ0) is 14.5. The monoisotopic (exact) mass is 288 g/mol. The van der Waals surface area contributed by atoms with Gasteiger partial charge in [0.1, 0.15) is 0 Å². The van der Waals surface area contributed by atoms with Crippen LogP contribution in [0.4, 0.5) is 11.4 Å². The maximum absolute atomic E-state index is 5.41. The van der Waals surface area contributed by atoms with Crippen molar-refractivity contribution in [2.75, 3.05) is 43.1 Å². The average molecular weight is 288 g/mol. The Labute approximate surface area is 128 Å². The van der Waals surface area contributed by atoms with E-state index < -0.39 is 0 Å². The van der Waals surface area contributed by atoms with Gasteiger partial charge in [0, 0.05) is 31.0 Å². The number of rotatable bonds is 4. The van der Waals surface area contributed by atoms with Gasteiger partial charge in [-0.05, 0) is 48.9 Å². The topological polar surface area (TPSA) is 24.5 Å². The molecule has 116 valence electrons.